The minimum Gasteiger partial charge on any atom is -0.298 e. The number of aldehydes is 1. The summed E-state index contributed by atoms with van der Waals surface area (Å²) in [7, 11) is 0. The van der Waals surface area contributed by atoms with Gasteiger partial charge in [0, 0.05) is 10.9 Å². The number of benzene rings is 2. The maximum Gasteiger partial charge on any atom is 0.416 e. The molecule has 3 rings (SSSR count). The molecule has 0 spiro atoms. The molecule has 0 radical (unpaired) electrons. The Morgan fingerprint density at radius 1 is 0.957 bits per heavy atom. The van der Waals surface area contributed by atoms with E-state index in [1.165, 1.54) is 12.1 Å². The minimum absolute atomic E-state index is 0.0218. The molecule has 0 aliphatic heterocycles. The number of nitrogens with zero attached hydrogens (tertiary/aromatic N) is 1. The van der Waals surface area contributed by atoms with Crippen molar-refractivity contribution in [3.8, 4) is 11.3 Å². The summed E-state index contributed by atoms with van der Waals surface area (Å²) in [5, 5.41) is 1.28. The van der Waals surface area contributed by atoms with Gasteiger partial charge < -0.3 is 0 Å². The maximum absolute atomic E-state index is 12.7. The normalized spacial score (nSPS) is 11.7. The Labute approximate surface area is 134 Å². The topological polar surface area (TPSA) is 30.0 Å². The highest BCUT2D eigenvalue weighted by Gasteiger charge is 2.30. The first kappa shape index (κ1) is 15.5. The number of rotatable bonds is 2. The van der Waals surface area contributed by atoms with Crippen LogP contribution in [0, 0.1) is 0 Å². The van der Waals surface area contributed by atoms with Crippen molar-refractivity contribution in [2.45, 2.75) is 6.18 Å². The van der Waals surface area contributed by atoms with E-state index in [2.05, 4.69) is 4.98 Å². The van der Waals surface area contributed by atoms with Gasteiger partial charge in [-0.1, -0.05) is 48.0 Å². The van der Waals surface area contributed by atoms with E-state index >= 15 is 0 Å². The zero-order valence-corrected chi connectivity index (χ0v) is 12.3. The zero-order valence-electron chi connectivity index (χ0n) is 11.6. The standard InChI is InChI=1S/C17H9ClF3NO/c18-16-14(9-23)12-3-1-2-4-13(12)15(22-16)10-5-7-11(8-6-10)17(19,20)21/h1-9H. The molecule has 1 aromatic heterocycles. The number of carbonyl (C=O) groups excluding carboxylic acids is 1. The molecular formula is C17H9ClF3NO. The summed E-state index contributed by atoms with van der Waals surface area (Å²) in [4.78, 5) is 15.4. The Morgan fingerprint density at radius 3 is 2.13 bits per heavy atom. The summed E-state index contributed by atoms with van der Waals surface area (Å²) >= 11 is 6.04. The summed E-state index contributed by atoms with van der Waals surface area (Å²) in [6.45, 7) is 0. The van der Waals surface area contributed by atoms with E-state index in [0.29, 0.717) is 28.3 Å². The molecule has 0 N–H and O–H groups in total. The average Bonchev–Trinajstić information content (AvgIpc) is 2.53. The summed E-state index contributed by atoms with van der Waals surface area (Å²) in [5.41, 5.74) is 0.456. The van der Waals surface area contributed by atoms with Crippen LogP contribution in [0.1, 0.15) is 15.9 Å². The third-order valence-corrected chi connectivity index (χ3v) is 3.80. The van der Waals surface area contributed by atoms with Gasteiger partial charge in [-0.25, -0.2) is 4.98 Å². The number of aromatic nitrogens is 1. The van der Waals surface area contributed by atoms with Crippen molar-refractivity contribution >= 4 is 28.7 Å². The van der Waals surface area contributed by atoms with Crippen LogP contribution in [-0.2, 0) is 6.18 Å². The molecule has 2 aromatic carbocycles. The largest absolute Gasteiger partial charge is 0.416 e. The highest BCUT2D eigenvalue weighted by molar-refractivity contribution is 6.33. The highest BCUT2D eigenvalue weighted by Crippen LogP contribution is 2.34. The van der Waals surface area contributed by atoms with Crippen LogP contribution in [-0.4, -0.2) is 11.3 Å². The maximum atomic E-state index is 12.7. The van der Waals surface area contributed by atoms with Gasteiger partial charge in [0.15, 0.2) is 6.29 Å². The van der Waals surface area contributed by atoms with Crippen LogP contribution in [0.2, 0.25) is 5.15 Å². The molecule has 0 fully saturated rings. The molecule has 0 saturated carbocycles. The number of alkyl halides is 3. The van der Waals surface area contributed by atoms with Gasteiger partial charge in [-0.3, -0.25) is 4.79 Å². The summed E-state index contributed by atoms with van der Waals surface area (Å²) < 4.78 is 38.0. The Balaban J connectivity index is 2.23. The van der Waals surface area contributed by atoms with Crippen LogP contribution in [0.25, 0.3) is 22.0 Å². The van der Waals surface area contributed by atoms with Crippen molar-refractivity contribution in [1.29, 1.82) is 0 Å². The molecule has 23 heavy (non-hydrogen) atoms. The number of hydrogen-bond acceptors (Lipinski definition) is 2. The lowest BCUT2D eigenvalue weighted by Crippen LogP contribution is -2.04. The molecule has 0 atom stereocenters. The molecule has 0 saturated heterocycles. The van der Waals surface area contributed by atoms with Crippen LogP contribution in [0.4, 0.5) is 13.2 Å². The smallest absolute Gasteiger partial charge is 0.298 e. The fourth-order valence-corrected chi connectivity index (χ4v) is 2.63. The lowest BCUT2D eigenvalue weighted by Gasteiger charge is -2.11. The molecule has 6 heteroatoms. The van der Waals surface area contributed by atoms with Gasteiger partial charge in [-0.2, -0.15) is 13.2 Å². The average molecular weight is 336 g/mol. The first-order valence-corrected chi connectivity index (χ1v) is 7.00. The van der Waals surface area contributed by atoms with E-state index in [1.54, 1.807) is 24.3 Å². The van der Waals surface area contributed by atoms with Crippen molar-refractivity contribution in [3.05, 3.63) is 64.8 Å². The SMILES string of the molecule is O=Cc1c(Cl)nc(-c2ccc(C(F)(F)F)cc2)c2ccccc12. The second-order valence-electron chi connectivity index (χ2n) is 4.90. The molecule has 116 valence electrons. The molecule has 0 amide bonds. The summed E-state index contributed by atoms with van der Waals surface area (Å²) in [6, 6.07) is 11.7. The van der Waals surface area contributed by atoms with Gasteiger partial charge in [0.1, 0.15) is 5.15 Å². The first-order chi connectivity index (χ1) is 10.9. The van der Waals surface area contributed by atoms with E-state index in [-0.39, 0.29) is 10.7 Å². The molecular weight excluding hydrogens is 327 g/mol. The lowest BCUT2D eigenvalue weighted by atomic mass is 10.0. The van der Waals surface area contributed by atoms with Crippen LogP contribution >= 0.6 is 11.6 Å². The van der Waals surface area contributed by atoms with Gasteiger partial charge in [-0.05, 0) is 17.5 Å². The van der Waals surface area contributed by atoms with E-state index < -0.39 is 11.7 Å². The van der Waals surface area contributed by atoms with Gasteiger partial charge >= 0.3 is 6.18 Å². The minimum atomic E-state index is -4.40. The quantitative estimate of drug-likeness (QED) is 0.464. The van der Waals surface area contributed by atoms with Gasteiger partial charge in [-0.15, -0.1) is 0 Å². The molecule has 3 aromatic rings. The number of halogens is 4. The predicted molar refractivity (Wildman–Crippen MR) is 82.6 cm³/mol. The second kappa shape index (κ2) is 5.66. The number of carbonyl (C=O) groups is 1. The predicted octanol–water partition coefficient (Wildman–Crippen LogP) is 5.39. The van der Waals surface area contributed by atoms with Crippen LogP contribution < -0.4 is 0 Å². The molecule has 0 unspecified atom stereocenters. The molecule has 0 aliphatic rings. The third-order valence-electron chi connectivity index (χ3n) is 3.51. The van der Waals surface area contributed by atoms with Crippen LogP contribution in [0.3, 0.4) is 0 Å². The third kappa shape index (κ3) is 2.80. The first-order valence-electron chi connectivity index (χ1n) is 6.63. The van der Waals surface area contributed by atoms with Gasteiger partial charge in [0.05, 0.1) is 16.8 Å². The lowest BCUT2D eigenvalue weighted by molar-refractivity contribution is -0.137. The Bertz CT molecular complexity index is 889. The fraction of sp³-hybridized carbons (Fsp3) is 0.0588. The van der Waals surface area contributed by atoms with E-state index in [4.69, 9.17) is 11.6 Å². The van der Waals surface area contributed by atoms with E-state index in [1.807, 2.05) is 0 Å². The molecule has 0 bridgehead atoms. The van der Waals surface area contributed by atoms with Gasteiger partial charge in [0.2, 0.25) is 0 Å². The fourth-order valence-electron chi connectivity index (χ4n) is 2.40. The Hall–Kier alpha value is -2.40. The van der Waals surface area contributed by atoms with Crippen molar-refractivity contribution in [2.24, 2.45) is 0 Å². The van der Waals surface area contributed by atoms with Crippen molar-refractivity contribution in [1.82, 2.24) is 4.98 Å². The number of fused-ring (bicyclic) bond motifs is 1. The van der Waals surface area contributed by atoms with Crippen LogP contribution in [0.5, 0.6) is 0 Å². The van der Waals surface area contributed by atoms with Crippen molar-refractivity contribution in [2.75, 3.05) is 0 Å². The van der Waals surface area contributed by atoms with Crippen molar-refractivity contribution in [3.63, 3.8) is 0 Å². The Kier molecular flexibility index (Phi) is 3.82. The molecule has 1 heterocycles. The van der Waals surface area contributed by atoms with E-state index in [9.17, 15) is 18.0 Å². The molecule has 2 nitrogen and oxygen atoms in total. The monoisotopic (exact) mass is 335 g/mol. The number of hydrogen-bond donors (Lipinski definition) is 0. The van der Waals surface area contributed by atoms with Crippen molar-refractivity contribution < 1.29 is 18.0 Å². The summed E-state index contributed by atoms with van der Waals surface area (Å²) in [6.07, 6.45) is -3.78. The summed E-state index contributed by atoms with van der Waals surface area (Å²) in [5.74, 6) is 0. The molecule has 0 aliphatic carbocycles. The van der Waals surface area contributed by atoms with Crippen LogP contribution in [0.15, 0.2) is 48.5 Å². The Morgan fingerprint density at radius 2 is 1.57 bits per heavy atom. The second-order valence-corrected chi connectivity index (χ2v) is 5.26. The number of pyridine rings is 1. The zero-order chi connectivity index (χ0) is 16.6. The van der Waals surface area contributed by atoms with Gasteiger partial charge in [0.25, 0.3) is 0 Å². The van der Waals surface area contributed by atoms with E-state index in [0.717, 1.165) is 12.1 Å². The highest BCUT2D eigenvalue weighted by atomic mass is 35.5.